The highest BCUT2D eigenvalue weighted by atomic mass is 35.5. The first-order valence-electron chi connectivity index (χ1n) is 7.59. The van der Waals surface area contributed by atoms with Crippen molar-refractivity contribution in [2.45, 2.75) is 46.1 Å². The molecule has 0 bridgehead atoms. The number of nitrogens with one attached hydrogen (secondary N) is 1. The first kappa shape index (κ1) is 18.5. The smallest absolute Gasteiger partial charge is 0.150 e. The number of hydrogen-bond donors (Lipinski definition) is 1. The van der Waals surface area contributed by atoms with E-state index in [0.717, 1.165) is 24.4 Å². The van der Waals surface area contributed by atoms with E-state index in [4.69, 9.17) is 11.6 Å². The Balaban J connectivity index is 2.78. The zero-order valence-corrected chi connectivity index (χ0v) is 14.7. The van der Waals surface area contributed by atoms with Crippen LogP contribution in [-0.2, 0) is 9.84 Å². The number of aryl methyl sites for hydroxylation is 1. The number of hydrogen-bond acceptors (Lipinski definition) is 3. The lowest BCUT2D eigenvalue weighted by atomic mass is 9.97. The Kier molecular flexibility index (Phi) is 7.71. The topological polar surface area (TPSA) is 46.2 Å². The van der Waals surface area contributed by atoms with Gasteiger partial charge >= 0.3 is 0 Å². The van der Waals surface area contributed by atoms with E-state index in [0.29, 0.717) is 6.42 Å². The van der Waals surface area contributed by atoms with Crippen LogP contribution in [0.2, 0.25) is 5.02 Å². The number of rotatable bonds is 9. The fraction of sp³-hybridized carbons (Fsp3) is 0.625. The molecule has 0 radical (unpaired) electrons. The minimum absolute atomic E-state index is 0.163. The Hall–Kier alpha value is -0.580. The van der Waals surface area contributed by atoms with Gasteiger partial charge in [-0.2, -0.15) is 0 Å². The third kappa shape index (κ3) is 6.37. The molecular weight excluding hydrogens is 306 g/mol. The predicted molar refractivity (Wildman–Crippen MR) is 90.8 cm³/mol. The normalized spacial score (nSPS) is 13.3. The molecule has 5 heteroatoms. The third-order valence-electron chi connectivity index (χ3n) is 3.65. The Morgan fingerprint density at radius 1 is 1.29 bits per heavy atom. The molecule has 0 saturated carbocycles. The molecule has 1 aromatic rings. The molecule has 21 heavy (non-hydrogen) atoms. The summed E-state index contributed by atoms with van der Waals surface area (Å²) in [6.07, 6.45) is 2.52. The van der Waals surface area contributed by atoms with E-state index in [1.54, 1.807) is 6.92 Å². The van der Waals surface area contributed by atoms with Gasteiger partial charge in [0.2, 0.25) is 0 Å². The van der Waals surface area contributed by atoms with Gasteiger partial charge in [-0.05, 0) is 56.0 Å². The second-order valence-corrected chi connectivity index (χ2v) is 8.30. The lowest BCUT2D eigenvalue weighted by Crippen LogP contribution is -2.24. The van der Waals surface area contributed by atoms with Crippen LogP contribution < -0.4 is 5.32 Å². The summed E-state index contributed by atoms with van der Waals surface area (Å²) in [4.78, 5) is 0. The summed E-state index contributed by atoms with van der Waals surface area (Å²) in [5, 5.41) is 4.23. The molecule has 0 spiro atoms. The summed E-state index contributed by atoms with van der Waals surface area (Å²) in [6.45, 7) is 6.80. The molecule has 3 nitrogen and oxygen atoms in total. The van der Waals surface area contributed by atoms with Gasteiger partial charge in [0.1, 0.15) is 9.84 Å². The van der Waals surface area contributed by atoms with Crippen LogP contribution in [0.25, 0.3) is 0 Å². The Morgan fingerprint density at radius 3 is 2.62 bits per heavy atom. The summed E-state index contributed by atoms with van der Waals surface area (Å²) in [7, 11) is -2.89. The maximum Gasteiger partial charge on any atom is 0.150 e. The lowest BCUT2D eigenvalue weighted by molar-refractivity contribution is 0.490. The molecule has 1 unspecified atom stereocenters. The van der Waals surface area contributed by atoms with E-state index in [-0.39, 0.29) is 17.5 Å². The zero-order valence-electron chi connectivity index (χ0n) is 13.2. The maximum absolute atomic E-state index is 11.6. The highest BCUT2D eigenvalue weighted by molar-refractivity contribution is 7.91. The summed E-state index contributed by atoms with van der Waals surface area (Å²) < 4.78 is 23.2. The molecule has 0 aliphatic heterocycles. The van der Waals surface area contributed by atoms with Gasteiger partial charge in [0.15, 0.2) is 0 Å². The van der Waals surface area contributed by atoms with Crippen LogP contribution in [0.3, 0.4) is 0 Å². The van der Waals surface area contributed by atoms with E-state index in [1.807, 2.05) is 18.2 Å². The molecule has 1 N–H and O–H groups in total. The molecule has 0 fully saturated rings. The highest BCUT2D eigenvalue weighted by Crippen LogP contribution is 2.25. The molecule has 120 valence electrons. The average molecular weight is 332 g/mol. The van der Waals surface area contributed by atoms with Crippen LogP contribution in [0.5, 0.6) is 0 Å². The quantitative estimate of drug-likeness (QED) is 0.746. The summed E-state index contributed by atoms with van der Waals surface area (Å²) >= 11 is 6.10. The van der Waals surface area contributed by atoms with Crippen LogP contribution in [0.15, 0.2) is 18.2 Å². The minimum Gasteiger partial charge on any atom is -0.310 e. The second-order valence-electron chi connectivity index (χ2n) is 5.39. The number of benzene rings is 1. The number of halogens is 1. The molecule has 1 atom stereocenters. The van der Waals surface area contributed by atoms with Gasteiger partial charge in [-0.15, -0.1) is 0 Å². The van der Waals surface area contributed by atoms with Crippen LogP contribution in [0, 0.1) is 6.92 Å². The van der Waals surface area contributed by atoms with Gasteiger partial charge in [-0.1, -0.05) is 31.5 Å². The first-order chi connectivity index (χ1) is 9.89. The van der Waals surface area contributed by atoms with Crippen molar-refractivity contribution in [3.05, 3.63) is 34.3 Å². The van der Waals surface area contributed by atoms with Crippen molar-refractivity contribution in [1.82, 2.24) is 5.32 Å². The Labute approximate surface area is 134 Å². The van der Waals surface area contributed by atoms with E-state index in [9.17, 15) is 8.42 Å². The van der Waals surface area contributed by atoms with Crippen molar-refractivity contribution in [2.75, 3.05) is 18.1 Å². The Bertz CT molecular complexity index is 543. The zero-order chi connectivity index (χ0) is 15.9. The summed E-state index contributed by atoms with van der Waals surface area (Å²) in [6, 6.07) is 6.05. The number of sulfone groups is 1. The van der Waals surface area contributed by atoms with E-state index >= 15 is 0 Å². The molecule has 1 aromatic carbocycles. The lowest BCUT2D eigenvalue weighted by Gasteiger charge is -2.21. The molecular formula is C16H26ClNO2S. The maximum atomic E-state index is 11.6. The van der Waals surface area contributed by atoms with Crippen molar-refractivity contribution >= 4 is 21.4 Å². The van der Waals surface area contributed by atoms with Gasteiger partial charge in [-0.25, -0.2) is 8.42 Å². The predicted octanol–water partition coefficient (Wildman–Crippen LogP) is 3.90. The second kappa shape index (κ2) is 8.76. The SMILES string of the molecule is CCCNC(CCCS(=O)(=O)CC)c1cc(Cl)ccc1C. The van der Waals surface area contributed by atoms with Crippen molar-refractivity contribution in [1.29, 1.82) is 0 Å². The molecule has 0 aromatic heterocycles. The average Bonchev–Trinajstić information content (AvgIpc) is 2.45. The van der Waals surface area contributed by atoms with Gasteiger partial charge in [0.05, 0.1) is 5.75 Å². The van der Waals surface area contributed by atoms with Crippen LogP contribution in [-0.4, -0.2) is 26.5 Å². The van der Waals surface area contributed by atoms with E-state index < -0.39 is 9.84 Å². The van der Waals surface area contributed by atoms with Gasteiger partial charge in [0.25, 0.3) is 0 Å². The van der Waals surface area contributed by atoms with Crippen LogP contribution in [0.4, 0.5) is 0 Å². The molecule has 0 heterocycles. The molecule has 0 amide bonds. The van der Waals surface area contributed by atoms with E-state index in [1.165, 1.54) is 11.1 Å². The fourth-order valence-electron chi connectivity index (χ4n) is 2.32. The van der Waals surface area contributed by atoms with Crippen molar-refractivity contribution in [3.63, 3.8) is 0 Å². The van der Waals surface area contributed by atoms with E-state index in [2.05, 4.69) is 19.2 Å². The van der Waals surface area contributed by atoms with Crippen molar-refractivity contribution < 1.29 is 8.42 Å². The van der Waals surface area contributed by atoms with Gasteiger partial charge in [-0.3, -0.25) is 0 Å². The summed E-state index contributed by atoms with van der Waals surface area (Å²) in [5.41, 5.74) is 2.36. The monoisotopic (exact) mass is 331 g/mol. The summed E-state index contributed by atoms with van der Waals surface area (Å²) in [5.74, 6) is 0.476. The van der Waals surface area contributed by atoms with Crippen molar-refractivity contribution in [3.8, 4) is 0 Å². The van der Waals surface area contributed by atoms with Gasteiger partial charge < -0.3 is 5.32 Å². The molecule has 0 aliphatic carbocycles. The Morgan fingerprint density at radius 2 is 2.00 bits per heavy atom. The standard InChI is InChI=1S/C16H26ClNO2S/c1-4-10-18-16(7-6-11-21(19,20)5-2)15-12-14(17)9-8-13(15)3/h8-9,12,16,18H,4-7,10-11H2,1-3H3. The van der Waals surface area contributed by atoms with Crippen molar-refractivity contribution in [2.24, 2.45) is 0 Å². The van der Waals surface area contributed by atoms with Crippen LogP contribution >= 0.6 is 11.6 Å². The molecule has 0 aliphatic rings. The minimum atomic E-state index is -2.89. The third-order valence-corrected chi connectivity index (χ3v) is 5.67. The largest absolute Gasteiger partial charge is 0.310 e. The molecule has 1 rings (SSSR count). The highest BCUT2D eigenvalue weighted by Gasteiger charge is 2.15. The molecule has 0 saturated heterocycles. The van der Waals surface area contributed by atoms with Crippen LogP contribution in [0.1, 0.15) is 50.3 Å². The first-order valence-corrected chi connectivity index (χ1v) is 9.79. The van der Waals surface area contributed by atoms with Gasteiger partial charge in [0, 0.05) is 16.8 Å². The fourth-order valence-corrected chi connectivity index (χ4v) is 3.40.